The molecule has 1 aromatic carbocycles. The van der Waals surface area contributed by atoms with Crippen molar-refractivity contribution in [2.45, 2.75) is 53.9 Å². The zero-order valence-electron chi connectivity index (χ0n) is 14.9. The van der Waals surface area contributed by atoms with Crippen LogP contribution in [0.5, 0.6) is 5.75 Å². The Morgan fingerprint density at radius 2 is 1.71 bits per heavy atom. The van der Waals surface area contributed by atoms with Gasteiger partial charge in [-0.15, -0.1) is 0 Å². The predicted octanol–water partition coefficient (Wildman–Crippen LogP) is 3.91. The molecule has 4 nitrogen and oxygen atoms in total. The Kier molecular flexibility index (Phi) is 11.5. The summed E-state index contributed by atoms with van der Waals surface area (Å²) in [6.45, 7) is 15.2. The van der Waals surface area contributed by atoms with E-state index in [-0.39, 0.29) is 5.41 Å². The smallest absolute Gasteiger partial charge is 0.147 e. The minimum atomic E-state index is 0.0932. The van der Waals surface area contributed by atoms with Crippen molar-refractivity contribution in [1.82, 2.24) is 0 Å². The van der Waals surface area contributed by atoms with Gasteiger partial charge in [0, 0.05) is 0 Å². The lowest BCUT2D eigenvalue weighted by Crippen LogP contribution is -2.11. The standard InChI is InChI=1S/C13H20N2O.C2H7N.C2H6/c1-9-6-10(13(2,3)4)7-11(15-8-14)12(9)16-5;1-2-3;1-2/h6-8H,1-5H3,(H2,14,15);2-3H2,1H3;1-2H3. The molecule has 0 saturated heterocycles. The van der Waals surface area contributed by atoms with Gasteiger partial charge in [0.05, 0.1) is 13.4 Å². The molecule has 0 saturated carbocycles. The molecule has 1 rings (SSSR count). The van der Waals surface area contributed by atoms with Crippen molar-refractivity contribution in [3.05, 3.63) is 23.3 Å². The predicted molar refractivity (Wildman–Crippen MR) is 94.8 cm³/mol. The number of hydrogen-bond acceptors (Lipinski definition) is 3. The first kappa shape index (κ1) is 21.7. The normalized spacial score (nSPS) is 10.3. The van der Waals surface area contributed by atoms with E-state index in [1.54, 1.807) is 7.11 Å². The molecule has 4 heteroatoms. The molecule has 0 spiro atoms. The Balaban J connectivity index is 0. The summed E-state index contributed by atoms with van der Waals surface area (Å²) >= 11 is 0. The van der Waals surface area contributed by atoms with E-state index in [1.165, 1.54) is 11.9 Å². The molecule has 0 bridgehead atoms. The number of aryl methyl sites for hydroxylation is 1. The fourth-order valence-electron chi connectivity index (χ4n) is 1.63. The molecule has 122 valence electrons. The first-order valence-electron chi connectivity index (χ1n) is 7.45. The molecule has 1 aromatic rings. The number of hydrogen-bond donors (Lipinski definition) is 2. The Morgan fingerprint density at radius 3 is 2.05 bits per heavy atom. The molecule has 0 aliphatic rings. The molecule has 0 radical (unpaired) electrons. The number of aliphatic imine (C=N–C) groups is 1. The first-order chi connectivity index (χ1) is 9.81. The van der Waals surface area contributed by atoms with Crippen molar-refractivity contribution in [3.63, 3.8) is 0 Å². The zero-order chi connectivity index (χ0) is 17.1. The summed E-state index contributed by atoms with van der Waals surface area (Å²) in [5.41, 5.74) is 13.4. The largest absolute Gasteiger partial charge is 0.494 e. The van der Waals surface area contributed by atoms with Crippen LogP contribution in [0.15, 0.2) is 17.1 Å². The number of rotatable bonds is 2. The monoisotopic (exact) mass is 295 g/mol. The van der Waals surface area contributed by atoms with Gasteiger partial charge in [-0.1, -0.05) is 47.6 Å². The molecule has 0 aromatic heterocycles. The van der Waals surface area contributed by atoms with Crippen molar-refractivity contribution in [1.29, 1.82) is 0 Å². The van der Waals surface area contributed by atoms with Crippen LogP contribution in [0.25, 0.3) is 0 Å². The minimum Gasteiger partial charge on any atom is -0.494 e. The summed E-state index contributed by atoms with van der Waals surface area (Å²) in [4.78, 5) is 4.14. The highest BCUT2D eigenvalue weighted by Crippen LogP contribution is 2.36. The van der Waals surface area contributed by atoms with Gasteiger partial charge in [-0.05, 0) is 36.1 Å². The summed E-state index contributed by atoms with van der Waals surface area (Å²) in [7, 11) is 1.65. The molecular weight excluding hydrogens is 262 g/mol. The second-order valence-corrected chi connectivity index (χ2v) is 5.28. The van der Waals surface area contributed by atoms with Crippen molar-refractivity contribution in [3.8, 4) is 5.75 Å². The lowest BCUT2D eigenvalue weighted by molar-refractivity contribution is 0.412. The van der Waals surface area contributed by atoms with Gasteiger partial charge in [-0.25, -0.2) is 4.99 Å². The average molecular weight is 295 g/mol. The summed E-state index contributed by atoms with van der Waals surface area (Å²) < 4.78 is 5.33. The summed E-state index contributed by atoms with van der Waals surface area (Å²) in [6.07, 6.45) is 1.30. The third-order valence-corrected chi connectivity index (χ3v) is 2.54. The van der Waals surface area contributed by atoms with Gasteiger partial charge in [-0.3, -0.25) is 0 Å². The van der Waals surface area contributed by atoms with E-state index in [2.05, 4.69) is 31.8 Å². The van der Waals surface area contributed by atoms with Gasteiger partial charge in [0.25, 0.3) is 0 Å². The molecule has 0 heterocycles. The van der Waals surface area contributed by atoms with E-state index in [0.29, 0.717) is 0 Å². The highest BCUT2D eigenvalue weighted by molar-refractivity contribution is 5.66. The van der Waals surface area contributed by atoms with Gasteiger partial charge in [0.1, 0.15) is 11.4 Å². The van der Waals surface area contributed by atoms with Gasteiger partial charge >= 0.3 is 0 Å². The van der Waals surface area contributed by atoms with Crippen molar-refractivity contribution in [2.75, 3.05) is 13.7 Å². The van der Waals surface area contributed by atoms with Crippen molar-refractivity contribution in [2.24, 2.45) is 16.5 Å². The molecule has 0 aliphatic carbocycles. The van der Waals surface area contributed by atoms with Crippen LogP contribution in [-0.2, 0) is 5.41 Å². The average Bonchev–Trinajstić information content (AvgIpc) is 2.41. The maximum Gasteiger partial charge on any atom is 0.147 e. The van der Waals surface area contributed by atoms with E-state index < -0.39 is 0 Å². The van der Waals surface area contributed by atoms with E-state index in [1.807, 2.05) is 33.8 Å². The molecule has 0 aliphatic heterocycles. The molecule has 0 fully saturated rings. The molecule has 4 N–H and O–H groups in total. The Labute approximate surface area is 130 Å². The molecule has 0 amide bonds. The van der Waals surface area contributed by atoms with Gasteiger partial charge < -0.3 is 16.2 Å². The number of benzene rings is 1. The lowest BCUT2D eigenvalue weighted by Gasteiger charge is -2.21. The number of ether oxygens (including phenoxy) is 1. The van der Waals surface area contributed by atoms with Crippen LogP contribution >= 0.6 is 0 Å². The zero-order valence-corrected chi connectivity index (χ0v) is 14.9. The topological polar surface area (TPSA) is 73.6 Å². The van der Waals surface area contributed by atoms with Crippen LogP contribution in [0.2, 0.25) is 0 Å². The summed E-state index contributed by atoms with van der Waals surface area (Å²) in [5, 5.41) is 0. The van der Waals surface area contributed by atoms with Gasteiger partial charge in [0.2, 0.25) is 0 Å². The second-order valence-electron chi connectivity index (χ2n) is 5.28. The fourth-order valence-corrected chi connectivity index (χ4v) is 1.63. The van der Waals surface area contributed by atoms with Crippen LogP contribution in [0.3, 0.4) is 0 Å². The van der Waals surface area contributed by atoms with Gasteiger partial charge in [0.15, 0.2) is 0 Å². The van der Waals surface area contributed by atoms with E-state index in [4.69, 9.17) is 16.2 Å². The van der Waals surface area contributed by atoms with E-state index >= 15 is 0 Å². The maximum absolute atomic E-state index is 5.35. The Hall–Kier alpha value is -1.55. The van der Waals surface area contributed by atoms with Crippen LogP contribution < -0.4 is 16.2 Å². The number of nitrogens with zero attached hydrogens (tertiary/aromatic N) is 1. The Morgan fingerprint density at radius 1 is 1.24 bits per heavy atom. The van der Waals surface area contributed by atoms with Crippen LogP contribution in [-0.4, -0.2) is 20.0 Å². The fraction of sp³-hybridized carbons (Fsp3) is 0.588. The van der Waals surface area contributed by atoms with Crippen LogP contribution in [0.4, 0.5) is 5.69 Å². The van der Waals surface area contributed by atoms with E-state index in [9.17, 15) is 0 Å². The third-order valence-electron chi connectivity index (χ3n) is 2.54. The highest BCUT2D eigenvalue weighted by Gasteiger charge is 2.17. The summed E-state index contributed by atoms with van der Waals surface area (Å²) in [6, 6.07) is 4.16. The highest BCUT2D eigenvalue weighted by atomic mass is 16.5. The quantitative estimate of drug-likeness (QED) is 0.641. The maximum atomic E-state index is 5.35. The van der Waals surface area contributed by atoms with Gasteiger partial charge in [-0.2, -0.15) is 0 Å². The Bertz CT molecular complexity index is 421. The lowest BCUT2D eigenvalue weighted by atomic mass is 9.85. The number of methoxy groups -OCH3 is 1. The SMILES string of the molecule is CC.CCN.COc1c(C)cc(C(C)(C)C)cc1N=CN. The number of nitrogens with two attached hydrogens (primary N) is 2. The van der Waals surface area contributed by atoms with Crippen molar-refractivity contribution >= 4 is 12.0 Å². The summed E-state index contributed by atoms with van der Waals surface area (Å²) in [5.74, 6) is 0.787. The molecule has 21 heavy (non-hydrogen) atoms. The van der Waals surface area contributed by atoms with Crippen LogP contribution in [0.1, 0.15) is 52.7 Å². The molecule has 0 unspecified atom stereocenters. The second kappa shape index (κ2) is 11.1. The third kappa shape index (κ3) is 7.71. The first-order valence-corrected chi connectivity index (χ1v) is 7.45. The molecule has 0 atom stereocenters. The van der Waals surface area contributed by atoms with Crippen molar-refractivity contribution < 1.29 is 4.74 Å². The molecular formula is C17H33N3O. The van der Waals surface area contributed by atoms with E-state index in [0.717, 1.165) is 23.5 Å². The van der Waals surface area contributed by atoms with Crippen LogP contribution in [0, 0.1) is 6.92 Å². The minimum absolute atomic E-state index is 0.0932.